The number of fused-ring (bicyclic) bond motifs is 1. The topological polar surface area (TPSA) is 105 Å². The number of hydrogen-bond donors (Lipinski definition) is 3. The summed E-state index contributed by atoms with van der Waals surface area (Å²) in [5, 5.41) is 20.8. The fourth-order valence-corrected chi connectivity index (χ4v) is 3.54. The molecule has 6 nitrogen and oxygen atoms in total. The molecule has 0 aromatic heterocycles. The molecule has 0 bridgehead atoms. The number of nitrogens with zero attached hydrogens (tertiary/aromatic N) is 2. The summed E-state index contributed by atoms with van der Waals surface area (Å²) in [5.41, 5.74) is 9.72. The van der Waals surface area contributed by atoms with Crippen molar-refractivity contribution in [3.8, 4) is 0 Å². The summed E-state index contributed by atoms with van der Waals surface area (Å²) in [6, 6.07) is 17.0. The first-order chi connectivity index (χ1) is 14.0. The molecule has 1 aliphatic heterocycles. The van der Waals surface area contributed by atoms with Crippen LogP contribution in [0.3, 0.4) is 0 Å². The van der Waals surface area contributed by atoms with Crippen molar-refractivity contribution >= 4 is 17.8 Å². The second-order valence-corrected chi connectivity index (χ2v) is 6.88. The van der Waals surface area contributed by atoms with Gasteiger partial charge in [0.15, 0.2) is 0 Å². The first-order valence-corrected chi connectivity index (χ1v) is 9.38. The van der Waals surface area contributed by atoms with Crippen molar-refractivity contribution in [2.75, 3.05) is 13.6 Å². The van der Waals surface area contributed by atoms with E-state index >= 15 is 0 Å². The van der Waals surface area contributed by atoms with E-state index in [1.165, 1.54) is 6.08 Å². The number of carbonyl (C=O) groups excluding carboxylic acids is 1. The molecule has 2 aromatic rings. The van der Waals surface area contributed by atoms with Crippen LogP contribution in [0, 0.1) is 5.41 Å². The number of nitrogens with one attached hydrogen (secondary N) is 2. The molecule has 0 saturated heterocycles. The third-order valence-corrected chi connectivity index (χ3v) is 4.98. The van der Waals surface area contributed by atoms with Crippen LogP contribution in [-0.2, 0) is 11.3 Å². The Morgan fingerprint density at radius 3 is 2.59 bits per heavy atom. The lowest BCUT2D eigenvalue weighted by Crippen LogP contribution is -2.41. The standard InChI is InChI=1S/C23H24N5O/c1-27-13-18(12-24)20-15-28(14-17-9-5-6-10-19(17)20)23(29)22(26)11-21(25)16-7-3-2-4-8-16/h2-13,20,25,27H,14-15,26H2,1H3/q-1/b18-13+,22-11-,25-21?/t20-/m0/s1. The minimum atomic E-state index is -0.327. The first-order valence-electron chi connectivity index (χ1n) is 9.38. The number of allylic oxidation sites excluding steroid dienone is 1. The summed E-state index contributed by atoms with van der Waals surface area (Å²) in [7, 11) is 1.76. The number of hydrogen-bond acceptors (Lipinski definition) is 4. The zero-order valence-electron chi connectivity index (χ0n) is 16.3. The molecule has 6 heteroatoms. The largest absolute Gasteiger partial charge is 0.810 e. The van der Waals surface area contributed by atoms with E-state index in [0.717, 1.165) is 17.3 Å². The van der Waals surface area contributed by atoms with Crippen LogP contribution in [0.2, 0.25) is 0 Å². The zero-order valence-corrected chi connectivity index (χ0v) is 16.3. The van der Waals surface area contributed by atoms with Gasteiger partial charge in [-0.05, 0) is 34.5 Å². The van der Waals surface area contributed by atoms with Crippen molar-refractivity contribution in [3.05, 3.63) is 100 Å². The van der Waals surface area contributed by atoms with E-state index < -0.39 is 0 Å². The highest BCUT2D eigenvalue weighted by Crippen LogP contribution is 2.33. The predicted molar refractivity (Wildman–Crippen MR) is 117 cm³/mol. The highest BCUT2D eigenvalue weighted by Gasteiger charge is 2.29. The summed E-state index contributed by atoms with van der Waals surface area (Å²) < 4.78 is 0. The van der Waals surface area contributed by atoms with Crippen molar-refractivity contribution in [1.29, 1.82) is 5.41 Å². The summed E-state index contributed by atoms with van der Waals surface area (Å²) >= 11 is 0. The van der Waals surface area contributed by atoms with E-state index in [0.29, 0.717) is 24.2 Å². The van der Waals surface area contributed by atoms with Gasteiger partial charge in [0.1, 0.15) is 0 Å². The van der Waals surface area contributed by atoms with Gasteiger partial charge in [-0.25, -0.2) is 0 Å². The Balaban J connectivity index is 1.88. The van der Waals surface area contributed by atoms with Crippen molar-refractivity contribution in [3.63, 3.8) is 0 Å². The second kappa shape index (κ2) is 9.01. The highest BCUT2D eigenvalue weighted by atomic mass is 16.2. The molecule has 148 valence electrons. The monoisotopic (exact) mass is 386 g/mol. The minimum absolute atomic E-state index is 0.0177. The molecule has 1 amide bonds. The molecule has 1 aliphatic rings. The molecular weight excluding hydrogens is 362 g/mol. The molecule has 0 aliphatic carbocycles. The van der Waals surface area contributed by atoms with Gasteiger partial charge in [0.25, 0.3) is 5.91 Å². The van der Waals surface area contributed by atoms with E-state index in [2.05, 4.69) is 5.32 Å². The fraction of sp³-hybridized carbons (Fsp3) is 0.174. The number of benzene rings is 2. The van der Waals surface area contributed by atoms with Gasteiger partial charge in [-0.15, -0.1) is 0 Å². The molecule has 0 radical (unpaired) electrons. The Hall–Kier alpha value is -3.67. The Kier molecular flexibility index (Phi) is 6.24. The second-order valence-electron chi connectivity index (χ2n) is 6.88. The average molecular weight is 386 g/mol. The molecular formula is C23H24N5O-. The molecule has 4 N–H and O–H groups in total. The van der Waals surface area contributed by atoms with Crippen LogP contribution in [0.4, 0.5) is 0 Å². The van der Waals surface area contributed by atoms with Gasteiger partial charge in [-0.1, -0.05) is 54.6 Å². The van der Waals surface area contributed by atoms with Gasteiger partial charge in [-0.2, -0.15) is 6.21 Å². The Labute approximate surface area is 170 Å². The number of nitrogens with two attached hydrogens (primary N) is 1. The van der Waals surface area contributed by atoms with E-state index in [9.17, 15) is 10.2 Å². The summed E-state index contributed by atoms with van der Waals surface area (Å²) in [4.78, 5) is 14.7. The molecule has 0 saturated carbocycles. The van der Waals surface area contributed by atoms with E-state index in [-0.39, 0.29) is 23.2 Å². The van der Waals surface area contributed by atoms with Crippen molar-refractivity contribution in [2.45, 2.75) is 12.5 Å². The highest BCUT2D eigenvalue weighted by molar-refractivity contribution is 6.10. The Morgan fingerprint density at radius 1 is 1.21 bits per heavy atom. The normalized spacial score (nSPS) is 16.7. The maximum Gasteiger partial charge on any atom is 0.270 e. The summed E-state index contributed by atoms with van der Waals surface area (Å²) in [6.45, 7) is 0.810. The summed E-state index contributed by atoms with van der Waals surface area (Å²) in [6.07, 6.45) is 4.19. The zero-order chi connectivity index (χ0) is 20.8. The SMILES string of the molecule is CN/C=C(\C=[N-])[C@@H]1CN(C(=O)/C(N)=C/C(=N)c2ccccc2)Cc2ccccc21. The Morgan fingerprint density at radius 2 is 1.90 bits per heavy atom. The van der Waals surface area contributed by atoms with Crippen molar-refractivity contribution < 1.29 is 4.79 Å². The van der Waals surface area contributed by atoms with Gasteiger partial charge >= 0.3 is 0 Å². The van der Waals surface area contributed by atoms with E-state index in [1.54, 1.807) is 30.3 Å². The minimum Gasteiger partial charge on any atom is -0.810 e. The van der Waals surface area contributed by atoms with Gasteiger partial charge in [0, 0.05) is 26.1 Å². The lowest BCUT2D eigenvalue weighted by molar-refractivity contribution is -0.128. The quantitative estimate of drug-likeness (QED) is 0.525. The van der Waals surface area contributed by atoms with Gasteiger partial charge in [-0.3, -0.25) is 4.79 Å². The number of rotatable bonds is 6. The molecule has 0 unspecified atom stereocenters. The third-order valence-electron chi connectivity index (χ3n) is 4.98. The molecule has 1 heterocycles. The average Bonchev–Trinajstić information content (AvgIpc) is 2.76. The molecule has 1 atom stereocenters. The maximum absolute atomic E-state index is 13.0. The molecule has 29 heavy (non-hydrogen) atoms. The van der Waals surface area contributed by atoms with E-state index in [1.807, 2.05) is 42.5 Å². The molecule has 3 rings (SSSR count). The van der Waals surface area contributed by atoms with Crippen LogP contribution in [0.25, 0.3) is 5.41 Å². The lowest BCUT2D eigenvalue weighted by Gasteiger charge is -2.36. The molecule has 2 aromatic carbocycles. The number of amides is 1. The lowest BCUT2D eigenvalue weighted by atomic mass is 9.85. The first kappa shape index (κ1) is 20.1. The van der Waals surface area contributed by atoms with Crippen LogP contribution in [-0.4, -0.2) is 36.3 Å². The fourth-order valence-electron chi connectivity index (χ4n) is 3.54. The van der Waals surface area contributed by atoms with Crippen LogP contribution < -0.4 is 11.1 Å². The number of carbonyl (C=O) groups is 1. The maximum atomic E-state index is 13.0. The van der Waals surface area contributed by atoms with Gasteiger partial charge in [0.2, 0.25) is 0 Å². The third kappa shape index (κ3) is 4.43. The van der Waals surface area contributed by atoms with Gasteiger partial charge < -0.3 is 26.8 Å². The Bertz CT molecular complexity index is 978. The van der Waals surface area contributed by atoms with Crippen LogP contribution in [0.15, 0.2) is 78.1 Å². The van der Waals surface area contributed by atoms with Crippen molar-refractivity contribution in [1.82, 2.24) is 10.2 Å². The van der Waals surface area contributed by atoms with Crippen LogP contribution >= 0.6 is 0 Å². The predicted octanol–water partition coefficient (Wildman–Crippen LogP) is 2.77. The van der Waals surface area contributed by atoms with Crippen LogP contribution in [0.1, 0.15) is 22.6 Å². The molecule has 0 fully saturated rings. The molecule has 0 spiro atoms. The summed E-state index contributed by atoms with van der Waals surface area (Å²) in [5.74, 6) is -0.505. The van der Waals surface area contributed by atoms with E-state index in [4.69, 9.17) is 11.1 Å². The smallest absolute Gasteiger partial charge is 0.270 e. The van der Waals surface area contributed by atoms with Crippen molar-refractivity contribution in [2.24, 2.45) is 5.73 Å². The van der Waals surface area contributed by atoms with Crippen LogP contribution in [0.5, 0.6) is 0 Å². The van der Waals surface area contributed by atoms with Gasteiger partial charge in [0.05, 0.1) is 11.4 Å².